The predicted octanol–water partition coefficient (Wildman–Crippen LogP) is 1.37. The zero-order valence-corrected chi connectivity index (χ0v) is 17.4. The number of rotatable bonds is 7. The molecule has 1 aromatic heterocycles. The van der Waals surface area contributed by atoms with Gasteiger partial charge in [-0.25, -0.2) is 4.98 Å². The number of nitrogens with one attached hydrogen (secondary N) is 3. The molecule has 29 heavy (non-hydrogen) atoms. The minimum atomic E-state index is -0.0668. The van der Waals surface area contributed by atoms with Crippen LogP contribution in [0.2, 0.25) is 0 Å². The Labute approximate surface area is 171 Å². The molecular weight excluding hydrogens is 370 g/mol. The molecule has 1 aliphatic heterocycles. The van der Waals surface area contributed by atoms with Gasteiger partial charge in [0.05, 0.1) is 29.8 Å². The van der Waals surface area contributed by atoms with Gasteiger partial charge in [0.15, 0.2) is 0 Å². The first-order valence-electron chi connectivity index (χ1n) is 10.3. The van der Waals surface area contributed by atoms with E-state index in [-0.39, 0.29) is 18.1 Å². The van der Waals surface area contributed by atoms with Gasteiger partial charge in [-0.15, -0.1) is 0 Å². The van der Waals surface area contributed by atoms with Crippen molar-refractivity contribution >= 4 is 22.9 Å². The summed E-state index contributed by atoms with van der Waals surface area (Å²) in [4.78, 5) is 17.6. The van der Waals surface area contributed by atoms with Gasteiger partial charge in [0.25, 0.3) is 5.91 Å². The largest absolute Gasteiger partial charge is 0.383 e. The Morgan fingerprint density at radius 2 is 2.07 bits per heavy atom. The second kappa shape index (κ2) is 8.69. The number of carbonyl (C=O) groups is 1. The highest BCUT2D eigenvalue weighted by atomic mass is 16.5. The van der Waals surface area contributed by atoms with Crippen molar-refractivity contribution < 1.29 is 14.3 Å². The van der Waals surface area contributed by atoms with Crippen LogP contribution >= 0.6 is 0 Å². The van der Waals surface area contributed by atoms with Crippen molar-refractivity contribution in [2.24, 2.45) is 18.9 Å². The van der Waals surface area contributed by atoms with Gasteiger partial charge in [-0.1, -0.05) is 0 Å². The minimum Gasteiger partial charge on any atom is -0.383 e. The number of benzene rings is 1. The number of methoxy groups -OCH3 is 2. The molecule has 2 fully saturated rings. The van der Waals surface area contributed by atoms with Crippen molar-refractivity contribution in [3.63, 3.8) is 0 Å². The summed E-state index contributed by atoms with van der Waals surface area (Å²) in [6, 6.07) is 5.71. The summed E-state index contributed by atoms with van der Waals surface area (Å²) >= 11 is 0. The lowest BCUT2D eigenvalue weighted by molar-refractivity contribution is 0.0125. The Morgan fingerprint density at radius 3 is 2.83 bits per heavy atom. The van der Waals surface area contributed by atoms with Gasteiger partial charge in [0.1, 0.15) is 0 Å². The number of fused-ring (bicyclic) bond motifs is 2. The Bertz CT molecular complexity index is 867. The van der Waals surface area contributed by atoms with Gasteiger partial charge >= 0.3 is 0 Å². The van der Waals surface area contributed by atoms with Gasteiger partial charge in [0.2, 0.25) is 5.95 Å². The molecule has 2 aliphatic rings. The number of hydrogen-bond acceptors (Lipinski definition) is 6. The highest BCUT2D eigenvalue weighted by molar-refractivity contribution is 5.98. The van der Waals surface area contributed by atoms with Crippen LogP contribution in [0.15, 0.2) is 18.2 Å². The first-order valence-corrected chi connectivity index (χ1v) is 10.3. The third-order valence-electron chi connectivity index (χ3n) is 6.37. The van der Waals surface area contributed by atoms with Crippen molar-refractivity contribution in [3.05, 3.63) is 23.8 Å². The SMILES string of the molecule is COCCNc1nc2cc(C(=O)N[C@H]3C[C@H]4CNC[C@H]4C[C@@H]3OC)ccc2n1C. The molecule has 0 radical (unpaired) electrons. The first kappa shape index (κ1) is 20.1. The summed E-state index contributed by atoms with van der Waals surface area (Å²) in [6.45, 7) is 3.38. The summed E-state index contributed by atoms with van der Waals surface area (Å²) in [7, 11) is 5.37. The molecule has 0 bridgehead atoms. The highest BCUT2D eigenvalue weighted by Gasteiger charge is 2.40. The van der Waals surface area contributed by atoms with E-state index < -0.39 is 0 Å². The van der Waals surface area contributed by atoms with Gasteiger partial charge < -0.3 is 30.0 Å². The smallest absolute Gasteiger partial charge is 0.251 e. The molecule has 0 unspecified atom stereocenters. The van der Waals surface area contributed by atoms with Crippen molar-refractivity contribution in [3.8, 4) is 0 Å². The second-order valence-electron chi connectivity index (χ2n) is 8.12. The molecule has 4 rings (SSSR count). The number of nitrogens with zero attached hydrogens (tertiary/aromatic N) is 2. The number of aromatic nitrogens is 2. The van der Waals surface area contributed by atoms with Crippen LogP contribution in [0.5, 0.6) is 0 Å². The zero-order chi connectivity index (χ0) is 20.4. The number of imidazole rings is 1. The highest BCUT2D eigenvalue weighted by Crippen LogP contribution is 2.34. The van der Waals surface area contributed by atoms with E-state index >= 15 is 0 Å². The summed E-state index contributed by atoms with van der Waals surface area (Å²) in [6.07, 6.45) is 2.02. The van der Waals surface area contributed by atoms with Gasteiger partial charge in [-0.05, 0) is 56.0 Å². The van der Waals surface area contributed by atoms with Crippen LogP contribution in [-0.4, -0.2) is 68.1 Å². The molecule has 1 aromatic carbocycles. The zero-order valence-electron chi connectivity index (χ0n) is 17.4. The van der Waals surface area contributed by atoms with E-state index in [4.69, 9.17) is 9.47 Å². The molecule has 4 atom stereocenters. The number of amides is 1. The van der Waals surface area contributed by atoms with Gasteiger partial charge in [-0.3, -0.25) is 4.79 Å². The third kappa shape index (κ3) is 4.10. The predicted molar refractivity (Wildman–Crippen MR) is 112 cm³/mol. The van der Waals surface area contributed by atoms with Crippen LogP contribution in [-0.2, 0) is 16.5 Å². The number of hydrogen-bond donors (Lipinski definition) is 3. The van der Waals surface area contributed by atoms with E-state index in [0.717, 1.165) is 42.9 Å². The van der Waals surface area contributed by atoms with Crippen molar-refractivity contribution in [1.29, 1.82) is 0 Å². The normalized spacial score (nSPS) is 26.4. The van der Waals surface area contributed by atoms with E-state index in [1.54, 1.807) is 14.2 Å². The second-order valence-corrected chi connectivity index (χ2v) is 8.12. The van der Waals surface area contributed by atoms with Crippen molar-refractivity contribution in [2.45, 2.75) is 25.0 Å². The van der Waals surface area contributed by atoms with Crippen LogP contribution in [0, 0.1) is 11.8 Å². The average Bonchev–Trinajstić information content (AvgIpc) is 3.31. The topological polar surface area (TPSA) is 89.4 Å². The van der Waals surface area contributed by atoms with Crippen LogP contribution in [0.4, 0.5) is 5.95 Å². The molecule has 1 saturated carbocycles. The lowest BCUT2D eigenvalue weighted by Crippen LogP contribution is -2.50. The maximum atomic E-state index is 13.0. The van der Waals surface area contributed by atoms with Crippen molar-refractivity contribution in [2.75, 3.05) is 45.8 Å². The maximum Gasteiger partial charge on any atom is 0.251 e. The molecule has 3 N–H and O–H groups in total. The van der Waals surface area contributed by atoms with Crippen LogP contribution < -0.4 is 16.0 Å². The Morgan fingerprint density at radius 1 is 1.28 bits per heavy atom. The number of aryl methyl sites for hydroxylation is 1. The maximum absolute atomic E-state index is 13.0. The van der Waals surface area contributed by atoms with E-state index in [9.17, 15) is 4.79 Å². The fraction of sp³-hybridized carbons (Fsp3) is 0.619. The van der Waals surface area contributed by atoms with E-state index in [1.807, 2.05) is 29.8 Å². The average molecular weight is 402 g/mol. The lowest BCUT2D eigenvalue weighted by Gasteiger charge is -2.37. The number of ether oxygens (including phenoxy) is 2. The molecule has 8 nitrogen and oxygen atoms in total. The lowest BCUT2D eigenvalue weighted by atomic mass is 9.77. The van der Waals surface area contributed by atoms with Crippen molar-refractivity contribution in [1.82, 2.24) is 20.2 Å². The molecule has 2 aromatic rings. The Balaban J connectivity index is 1.47. The summed E-state index contributed by atoms with van der Waals surface area (Å²) in [5, 5.41) is 9.94. The summed E-state index contributed by atoms with van der Waals surface area (Å²) in [5.41, 5.74) is 2.40. The molecule has 158 valence electrons. The molecular formula is C21H31N5O3. The molecule has 2 heterocycles. The fourth-order valence-electron chi connectivity index (χ4n) is 4.71. The number of carbonyl (C=O) groups excluding carboxylic acids is 1. The van der Waals surface area contributed by atoms with Crippen LogP contribution in [0.3, 0.4) is 0 Å². The van der Waals surface area contributed by atoms with E-state index in [1.165, 1.54) is 0 Å². The van der Waals surface area contributed by atoms with E-state index in [0.29, 0.717) is 30.6 Å². The summed E-state index contributed by atoms with van der Waals surface area (Å²) < 4.78 is 12.8. The molecule has 1 aliphatic carbocycles. The Kier molecular flexibility index (Phi) is 6.03. The van der Waals surface area contributed by atoms with Crippen LogP contribution in [0.25, 0.3) is 11.0 Å². The number of anilines is 1. The quantitative estimate of drug-likeness (QED) is 0.608. The molecule has 8 heteroatoms. The third-order valence-corrected chi connectivity index (χ3v) is 6.37. The van der Waals surface area contributed by atoms with Gasteiger partial charge in [0, 0.05) is 33.4 Å². The molecule has 1 saturated heterocycles. The first-order chi connectivity index (χ1) is 14.1. The molecule has 1 amide bonds. The van der Waals surface area contributed by atoms with Crippen LogP contribution in [0.1, 0.15) is 23.2 Å². The fourth-order valence-corrected chi connectivity index (χ4v) is 4.71. The monoisotopic (exact) mass is 401 g/mol. The standard InChI is InChI=1S/C21H31N5O3/c1-26-18-5-4-13(8-16(18)25-21(26)23-6-7-28-2)20(27)24-17-9-14-11-22-12-15(14)10-19(17)29-3/h4-5,8,14-15,17,19,22H,6-7,9-12H2,1-3H3,(H,23,25)(H,24,27)/t14-,15+,17-,19-/m0/s1. The Hall–Kier alpha value is -2.16. The summed E-state index contributed by atoms with van der Waals surface area (Å²) in [5.74, 6) is 1.97. The van der Waals surface area contributed by atoms with Gasteiger partial charge in [-0.2, -0.15) is 0 Å². The molecule has 0 spiro atoms. The minimum absolute atomic E-state index is 0.0411. The van der Waals surface area contributed by atoms with E-state index in [2.05, 4.69) is 20.9 Å².